The maximum atomic E-state index is 15.4. The van der Waals surface area contributed by atoms with Crippen molar-refractivity contribution in [1.29, 1.82) is 0 Å². The molecule has 1 aromatic carbocycles. The molecular weight excluding hydrogens is 443 g/mol. The predicted molar refractivity (Wildman–Crippen MR) is 125 cm³/mol. The number of benzene rings is 1. The zero-order valence-electron chi connectivity index (χ0n) is 17.7. The Morgan fingerprint density at radius 1 is 1.29 bits per heavy atom. The van der Waals surface area contributed by atoms with E-state index in [0.29, 0.717) is 34.9 Å². The van der Waals surface area contributed by atoms with Crippen molar-refractivity contribution >= 4 is 50.7 Å². The SMILES string of the molecule is COc1c(N2CCC(C(C)(C)N)C2)c(F)cc2c(=O)c3c(=O)[nH]sc3n(C3CC3)c12.Cl. The third-order valence-electron chi connectivity index (χ3n) is 6.47. The Morgan fingerprint density at radius 2 is 2.00 bits per heavy atom. The first kappa shape index (κ1) is 22.1. The standard InChI is InChI=1S/C21H25FN4O3S.ClH/c1-21(2,23)10-6-7-25(9-10)16-13(22)8-12-15(18(16)29-3)26(11-4-5-11)20-14(17(12)27)19(28)24-30-20;/h8,10-11H,4-7,9,23H2,1-3H3,(H,24,28);1H. The van der Waals surface area contributed by atoms with E-state index >= 15 is 4.39 Å². The number of pyridine rings is 1. The lowest BCUT2D eigenvalue weighted by molar-refractivity contribution is 0.348. The first-order valence-electron chi connectivity index (χ1n) is 10.2. The van der Waals surface area contributed by atoms with Crippen LogP contribution in [-0.4, -0.2) is 34.7 Å². The fraction of sp³-hybridized carbons (Fsp3) is 0.524. The molecule has 3 heterocycles. The van der Waals surface area contributed by atoms with Crippen LogP contribution in [0.2, 0.25) is 0 Å². The number of halogens is 2. The number of fused-ring (bicyclic) bond motifs is 2. The van der Waals surface area contributed by atoms with Crippen molar-refractivity contribution in [2.24, 2.45) is 11.7 Å². The number of rotatable bonds is 4. The highest BCUT2D eigenvalue weighted by molar-refractivity contribution is 7.12. The molecule has 31 heavy (non-hydrogen) atoms. The molecule has 0 amide bonds. The molecule has 1 saturated carbocycles. The van der Waals surface area contributed by atoms with Crippen LogP contribution in [0.1, 0.15) is 39.2 Å². The third-order valence-corrected chi connectivity index (χ3v) is 7.35. The van der Waals surface area contributed by atoms with E-state index < -0.39 is 16.8 Å². The summed E-state index contributed by atoms with van der Waals surface area (Å²) < 4.78 is 25.8. The lowest BCUT2D eigenvalue weighted by atomic mass is 9.88. The van der Waals surface area contributed by atoms with E-state index in [9.17, 15) is 9.59 Å². The first-order chi connectivity index (χ1) is 14.2. The number of hydrogen-bond acceptors (Lipinski definition) is 6. The zero-order valence-corrected chi connectivity index (χ0v) is 19.3. The smallest absolute Gasteiger partial charge is 0.271 e. The van der Waals surface area contributed by atoms with Crippen LogP contribution in [0.5, 0.6) is 5.75 Å². The molecule has 168 valence electrons. The number of nitrogens with one attached hydrogen (secondary N) is 1. The topological polar surface area (TPSA) is 93.3 Å². The summed E-state index contributed by atoms with van der Waals surface area (Å²) in [7, 11) is 1.50. The summed E-state index contributed by atoms with van der Waals surface area (Å²) in [6.07, 6.45) is 2.75. The summed E-state index contributed by atoms with van der Waals surface area (Å²) in [5, 5.41) is 0.283. The van der Waals surface area contributed by atoms with Gasteiger partial charge in [-0.1, -0.05) is 0 Å². The van der Waals surface area contributed by atoms with Gasteiger partial charge in [-0.25, -0.2) is 4.39 Å². The maximum absolute atomic E-state index is 15.4. The minimum Gasteiger partial charge on any atom is -0.492 e. The number of nitrogens with two attached hydrogens (primary N) is 1. The molecule has 5 rings (SSSR count). The minimum atomic E-state index is -0.514. The normalized spacial score (nSPS) is 19.3. The van der Waals surface area contributed by atoms with Crippen LogP contribution in [0, 0.1) is 11.7 Å². The summed E-state index contributed by atoms with van der Waals surface area (Å²) in [5.41, 5.74) is 6.00. The summed E-state index contributed by atoms with van der Waals surface area (Å²) >= 11 is 1.15. The first-order valence-corrected chi connectivity index (χ1v) is 11.0. The number of nitrogens with zero attached hydrogens (tertiary/aromatic N) is 2. The van der Waals surface area contributed by atoms with Gasteiger partial charge >= 0.3 is 0 Å². The van der Waals surface area contributed by atoms with Gasteiger partial charge in [0.05, 0.1) is 18.0 Å². The highest BCUT2D eigenvalue weighted by atomic mass is 35.5. The van der Waals surface area contributed by atoms with Gasteiger partial charge in [-0.15, -0.1) is 12.4 Å². The molecule has 2 fully saturated rings. The van der Waals surface area contributed by atoms with Gasteiger partial charge in [0.15, 0.2) is 11.6 Å². The van der Waals surface area contributed by atoms with Crippen LogP contribution in [0.3, 0.4) is 0 Å². The monoisotopic (exact) mass is 468 g/mol. The van der Waals surface area contributed by atoms with Crippen LogP contribution in [0.4, 0.5) is 10.1 Å². The van der Waals surface area contributed by atoms with Crippen molar-refractivity contribution in [3.05, 3.63) is 32.5 Å². The van der Waals surface area contributed by atoms with E-state index in [1.807, 2.05) is 23.3 Å². The van der Waals surface area contributed by atoms with Crippen LogP contribution in [0.25, 0.3) is 21.1 Å². The summed E-state index contributed by atoms with van der Waals surface area (Å²) in [6, 6.07) is 1.44. The Hall–Kier alpha value is -2.10. The number of aromatic amines is 1. The van der Waals surface area contributed by atoms with Crippen LogP contribution >= 0.6 is 23.9 Å². The number of anilines is 1. The largest absolute Gasteiger partial charge is 0.492 e. The molecule has 1 aliphatic heterocycles. The Labute approximate surface area is 188 Å². The molecule has 0 spiro atoms. The van der Waals surface area contributed by atoms with E-state index in [1.165, 1.54) is 13.2 Å². The summed E-state index contributed by atoms with van der Waals surface area (Å²) in [6.45, 7) is 5.27. The highest BCUT2D eigenvalue weighted by Gasteiger charge is 2.37. The molecule has 1 unspecified atom stereocenters. The van der Waals surface area contributed by atoms with Crippen LogP contribution in [0.15, 0.2) is 15.7 Å². The number of methoxy groups -OCH3 is 1. The van der Waals surface area contributed by atoms with Crippen molar-refractivity contribution in [3.8, 4) is 5.75 Å². The van der Waals surface area contributed by atoms with Gasteiger partial charge in [0.25, 0.3) is 5.56 Å². The average molecular weight is 469 g/mol. The van der Waals surface area contributed by atoms with E-state index in [4.69, 9.17) is 10.5 Å². The van der Waals surface area contributed by atoms with E-state index in [-0.39, 0.29) is 40.7 Å². The van der Waals surface area contributed by atoms with Crippen molar-refractivity contribution < 1.29 is 9.13 Å². The summed E-state index contributed by atoms with van der Waals surface area (Å²) in [4.78, 5) is 28.0. The zero-order chi connectivity index (χ0) is 21.4. The predicted octanol–water partition coefficient (Wildman–Crippen LogP) is 3.37. The number of H-pyrrole nitrogens is 1. The van der Waals surface area contributed by atoms with E-state index in [1.54, 1.807) is 0 Å². The molecule has 2 aromatic heterocycles. The molecule has 2 aliphatic rings. The quantitative estimate of drug-likeness (QED) is 0.612. The van der Waals surface area contributed by atoms with Gasteiger partial charge in [-0.05, 0) is 56.6 Å². The van der Waals surface area contributed by atoms with E-state index in [2.05, 4.69) is 4.37 Å². The van der Waals surface area contributed by atoms with Gasteiger partial charge < -0.3 is 19.9 Å². The van der Waals surface area contributed by atoms with Crippen molar-refractivity contribution in [2.75, 3.05) is 25.1 Å². The van der Waals surface area contributed by atoms with Crippen molar-refractivity contribution in [1.82, 2.24) is 8.94 Å². The van der Waals surface area contributed by atoms with Gasteiger partial charge in [-0.2, -0.15) is 0 Å². The number of hydrogen-bond donors (Lipinski definition) is 2. The molecule has 0 bridgehead atoms. The molecule has 10 heteroatoms. The lowest BCUT2D eigenvalue weighted by Gasteiger charge is -2.28. The molecule has 3 N–H and O–H groups in total. The molecule has 1 saturated heterocycles. The van der Waals surface area contributed by atoms with E-state index in [0.717, 1.165) is 30.8 Å². The Morgan fingerprint density at radius 3 is 2.58 bits per heavy atom. The number of aromatic nitrogens is 2. The molecule has 1 atom stereocenters. The fourth-order valence-corrected chi connectivity index (χ4v) is 5.58. The van der Waals surface area contributed by atoms with Crippen LogP contribution < -0.4 is 26.4 Å². The minimum absolute atomic E-state index is 0. The van der Waals surface area contributed by atoms with Gasteiger partial charge in [-0.3, -0.25) is 14.0 Å². The third kappa shape index (κ3) is 3.34. The van der Waals surface area contributed by atoms with Crippen molar-refractivity contribution in [2.45, 2.75) is 44.7 Å². The second-order valence-corrected chi connectivity index (χ2v) is 9.83. The molecule has 7 nitrogen and oxygen atoms in total. The second-order valence-electron chi connectivity index (χ2n) is 9.03. The molecule has 3 aromatic rings. The Balaban J connectivity index is 0.00000231. The molecule has 0 radical (unpaired) electrons. The lowest BCUT2D eigenvalue weighted by Crippen LogP contribution is -2.42. The molecule has 1 aliphatic carbocycles. The Kier molecular flexibility index (Phi) is 5.34. The second kappa shape index (κ2) is 7.50. The molecular formula is C21H26ClFN4O3S. The summed E-state index contributed by atoms with van der Waals surface area (Å²) in [5.74, 6) is 0.0628. The fourth-order valence-electron chi connectivity index (χ4n) is 4.66. The van der Waals surface area contributed by atoms with Crippen molar-refractivity contribution in [3.63, 3.8) is 0 Å². The highest BCUT2D eigenvalue weighted by Crippen LogP contribution is 2.46. The Bertz CT molecular complexity index is 1290. The van der Waals surface area contributed by atoms with Gasteiger partial charge in [0, 0.05) is 24.7 Å². The van der Waals surface area contributed by atoms with Crippen LogP contribution in [-0.2, 0) is 0 Å². The maximum Gasteiger partial charge on any atom is 0.271 e. The number of ether oxygens (including phenoxy) is 1. The van der Waals surface area contributed by atoms with Gasteiger partial charge in [0.2, 0.25) is 5.43 Å². The van der Waals surface area contributed by atoms with Gasteiger partial charge in [0.1, 0.15) is 15.9 Å². The average Bonchev–Trinajstić information content (AvgIpc) is 3.25.